The molecule has 3 rings (SSSR count). The Hall–Kier alpha value is -3.15. The van der Waals surface area contributed by atoms with E-state index in [4.69, 9.17) is 9.84 Å². The highest BCUT2D eigenvalue weighted by Gasteiger charge is 2.26. The molecule has 2 aromatic rings. The SMILES string of the molecule is CCCc1ccc(C(=O)NCCCC(=O)c2ccc(OC3CCC(C(=O)O)CC3)cc2)cc1. The molecule has 2 aromatic carbocycles. The van der Waals surface area contributed by atoms with Gasteiger partial charge in [0, 0.05) is 24.1 Å². The van der Waals surface area contributed by atoms with Gasteiger partial charge in [-0.1, -0.05) is 25.5 Å². The van der Waals surface area contributed by atoms with Crippen LogP contribution in [0.2, 0.25) is 0 Å². The van der Waals surface area contributed by atoms with Crippen LogP contribution in [0.15, 0.2) is 48.5 Å². The number of nitrogens with one attached hydrogen (secondary N) is 1. The summed E-state index contributed by atoms with van der Waals surface area (Å²) in [7, 11) is 0. The molecular weight excluding hydrogens is 418 g/mol. The number of hydrogen-bond acceptors (Lipinski definition) is 4. The van der Waals surface area contributed by atoms with Crippen molar-refractivity contribution in [2.24, 2.45) is 5.92 Å². The molecule has 0 saturated heterocycles. The van der Waals surface area contributed by atoms with Gasteiger partial charge in [0.25, 0.3) is 5.91 Å². The maximum absolute atomic E-state index is 12.5. The van der Waals surface area contributed by atoms with Crippen molar-refractivity contribution in [2.75, 3.05) is 6.54 Å². The first-order chi connectivity index (χ1) is 16.0. The molecule has 1 fully saturated rings. The fourth-order valence-corrected chi connectivity index (χ4v) is 4.15. The van der Waals surface area contributed by atoms with Crippen molar-refractivity contribution in [3.63, 3.8) is 0 Å². The highest BCUT2D eigenvalue weighted by atomic mass is 16.5. The largest absolute Gasteiger partial charge is 0.490 e. The van der Waals surface area contributed by atoms with Gasteiger partial charge in [-0.15, -0.1) is 0 Å². The molecule has 0 radical (unpaired) electrons. The monoisotopic (exact) mass is 451 g/mol. The standard InChI is InChI=1S/C27H33NO5/c1-2-4-19-6-8-21(9-7-19)26(30)28-18-3-5-25(29)20-10-14-23(15-11-20)33-24-16-12-22(13-17-24)27(31)32/h6-11,14-15,22,24H,2-5,12-13,16-18H2,1H3,(H,28,30)(H,31,32). The van der Waals surface area contributed by atoms with Crippen LogP contribution in [-0.4, -0.2) is 35.4 Å². The second-order valence-corrected chi connectivity index (χ2v) is 8.68. The Bertz CT molecular complexity index is 928. The number of Topliss-reactive ketones (excluding diaryl/α,β-unsaturated/α-hetero) is 1. The maximum Gasteiger partial charge on any atom is 0.306 e. The van der Waals surface area contributed by atoms with Crippen molar-refractivity contribution < 1.29 is 24.2 Å². The van der Waals surface area contributed by atoms with E-state index in [9.17, 15) is 14.4 Å². The Labute approximate surface area is 195 Å². The Morgan fingerprint density at radius 2 is 1.58 bits per heavy atom. The number of carboxylic acids is 1. The van der Waals surface area contributed by atoms with E-state index in [0.717, 1.165) is 25.7 Å². The van der Waals surface area contributed by atoms with Gasteiger partial charge in [0.1, 0.15) is 5.75 Å². The van der Waals surface area contributed by atoms with Crippen LogP contribution in [0.5, 0.6) is 5.75 Å². The van der Waals surface area contributed by atoms with Gasteiger partial charge in [0.15, 0.2) is 5.78 Å². The molecule has 33 heavy (non-hydrogen) atoms. The summed E-state index contributed by atoms with van der Waals surface area (Å²) in [6, 6.07) is 14.8. The van der Waals surface area contributed by atoms with Crippen LogP contribution in [0.1, 0.15) is 78.1 Å². The Kier molecular flexibility index (Phi) is 9.04. The lowest BCUT2D eigenvalue weighted by Crippen LogP contribution is -2.27. The van der Waals surface area contributed by atoms with Gasteiger partial charge in [-0.25, -0.2) is 0 Å². The highest BCUT2D eigenvalue weighted by Crippen LogP contribution is 2.28. The van der Waals surface area contributed by atoms with E-state index in [1.54, 1.807) is 24.3 Å². The van der Waals surface area contributed by atoms with E-state index >= 15 is 0 Å². The van der Waals surface area contributed by atoms with Crippen LogP contribution in [0.3, 0.4) is 0 Å². The molecule has 0 aromatic heterocycles. The van der Waals surface area contributed by atoms with Gasteiger partial charge in [0.05, 0.1) is 12.0 Å². The molecule has 0 heterocycles. The molecule has 6 heteroatoms. The van der Waals surface area contributed by atoms with E-state index in [1.807, 2.05) is 24.3 Å². The zero-order valence-corrected chi connectivity index (χ0v) is 19.2. The van der Waals surface area contributed by atoms with E-state index in [-0.39, 0.29) is 23.7 Å². The number of amides is 1. The molecule has 0 aliphatic heterocycles. The number of aryl methyl sites for hydroxylation is 1. The minimum atomic E-state index is -0.725. The number of hydrogen-bond donors (Lipinski definition) is 2. The minimum Gasteiger partial charge on any atom is -0.490 e. The topological polar surface area (TPSA) is 92.7 Å². The summed E-state index contributed by atoms with van der Waals surface area (Å²) in [5.74, 6) is -0.383. The molecule has 1 saturated carbocycles. The van der Waals surface area contributed by atoms with Crippen molar-refractivity contribution in [2.45, 2.75) is 64.4 Å². The van der Waals surface area contributed by atoms with Crippen molar-refractivity contribution in [3.05, 3.63) is 65.2 Å². The summed E-state index contributed by atoms with van der Waals surface area (Å²) in [6.07, 6.45) is 5.76. The third-order valence-corrected chi connectivity index (χ3v) is 6.12. The smallest absolute Gasteiger partial charge is 0.306 e. The fraction of sp³-hybridized carbons (Fsp3) is 0.444. The predicted octanol–water partition coefficient (Wildman–Crippen LogP) is 5.05. The van der Waals surface area contributed by atoms with Crippen LogP contribution in [-0.2, 0) is 11.2 Å². The summed E-state index contributed by atoms with van der Waals surface area (Å²) in [5.41, 5.74) is 2.48. The third-order valence-electron chi connectivity index (χ3n) is 6.12. The summed E-state index contributed by atoms with van der Waals surface area (Å²) in [6.45, 7) is 2.57. The number of ketones is 1. The van der Waals surface area contributed by atoms with E-state index < -0.39 is 5.97 Å². The molecule has 176 valence electrons. The Balaban J connectivity index is 1.37. The Morgan fingerprint density at radius 1 is 0.939 bits per heavy atom. The first kappa shape index (κ1) is 24.5. The molecule has 2 N–H and O–H groups in total. The van der Waals surface area contributed by atoms with Gasteiger partial charge in [-0.05, 0) is 80.5 Å². The lowest BCUT2D eigenvalue weighted by molar-refractivity contribution is -0.143. The first-order valence-electron chi connectivity index (χ1n) is 11.9. The van der Waals surface area contributed by atoms with E-state index in [0.29, 0.717) is 49.1 Å². The fourth-order valence-electron chi connectivity index (χ4n) is 4.15. The van der Waals surface area contributed by atoms with Gasteiger partial charge < -0.3 is 15.2 Å². The molecule has 1 aliphatic carbocycles. The summed E-state index contributed by atoms with van der Waals surface area (Å²) < 4.78 is 5.95. The Morgan fingerprint density at radius 3 is 2.18 bits per heavy atom. The van der Waals surface area contributed by atoms with E-state index in [1.165, 1.54) is 5.56 Å². The number of ether oxygens (including phenoxy) is 1. The molecule has 0 atom stereocenters. The molecule has 0 spiro atoms. The summed E-state index contributed by atoms with van der Waals surface area (Å²) in [5, 5.41) is 12.0. The maximum atomic E-state index is 12.5. The van der Waals surface area contributed by atoms with Gasteiger partial charge in [0.2, 0.25) is 0 Å². The van der Waals surface area contributed by atoms with Crippen LogP contribution in [0.4, 0.5) is 0 Å². The zero-order chi connectivity index (χ0) is 23.6. The van der Waals surface area contributed by atoms with Gasteiger partial charge >= 0.3 is 5.97 Å². The first-order valence-corrected chi connectivity index (χ1v) is 11.9. The number of carbonyl (C=O) groups excluding carboxylic acids is 2. The zero-order valence-electron chi connectivity index (χ0n) is 19.2. The number of benzene rings is 2. The number of rotatable bonds is 11. The average Bonchev–Trinajstić information content (AvgIpc) is 2.83. The van der Waals surface area contributed by atoms with Crippen LogP contribution in [0, 0.1) is 5.92 Å². The molecule has 0 unspecified atom stereocenters. The normalized spacial score (nSPS) is 17.8. The number of carboxylic acid groups (broad SMARTS) is 1. The van der Waals surface area contributed by atoms with Crippen molar-refractivity contribution >= 4 is 17.7 Å². The minimum absolute atomic E-state index is 0.0219. The number of aliphatic carboxylic acids is 1. The van der Waals surface area contributed by atoms with Crippen molar-refractivity contribution in [1.29, 1.82) is 0 Å². The lowest BCUT2D eigenvalue weighted by Gasteiger charge is -2.26. The third kappa shape index (κ3) is 7.45. The summed E-state index contributed by atoms with van der Waals surface area (Å²) in [4.78, 5) is 35.7. The van der Waals surface area contributed by atoms with Crippen molar-refractivity contribution in [3.8, 4) is 5.75 Å². The molecule has 0 bridgehead atoms. The average molecular weight is 452 g/mol. The summed E-state index contributed by atoms with van der Waals surface area (Å²) >= 11 is 0. The molecule has 1 amide bonds. The van der Waals surface area contributed by atoms with Crippen LogP contribution < -0.4 is 10.1 Å². The second kappa shape index (κ2) is 12.2. The quantitative estimate of drug-likeness (QED) is 0.368. The van der Waals surface area contributed by atoms with Crippen molar-refractivity contribution in [1.82, 2.24) is 5.32 Å². The van der Waals surface area contributed by atoms with Crippen LogP contribution in [0.25, 0.3) is 0 Å². The van der Waals surface area contributed by atoms with E-state index in [2.05, 4.69) is 12.2 Å². The molecule has 6 nitrogen and oxygen atoms in total. The molecular formula is C27H33NO5. The number of carbonyl (C=O) groups is 3. The van der Waals surface area contributed by atoms with Crippen LogP contribution >= 0.6 is 0 Å². The highest BCUT2D eigenvalue weighted by molar-refractivity contribution is 5.96. The molecule has 1 aliphatic rings. The van der Waals surface area contributed by atoms with Gasteiger partial charge in [-0.3, -0.25) is 14.4 Å². The second-order valence-electron chi connectivity index (χ2n) is 8.68. The predicted molar refractivity (Wildman–Crippen MR) is 127 cm³/mol. The lowest BCUT2D eigenvalue weighted by atomic mass is 9.87. The van der Waals surface area contributed by atoms with Gasteiger partial charge in [-0.2, -0.15) is 0 Å².